The van der Waals surface area contributed by atoms with E-state index in [1.807, 2.05) is 19.9 Å². The summed E-state index contributed by atoms with van der Waals surface area (Å²) in [5.74, 6) is -1.01. The molecule has 1 heterocycles. The number of carboxylic acid groups (broad SMARTS) is 1. The molecule has 0 saturated carbocycles. The molecule has 0 aliphatic rings. The highest BCUT2D eigenvalue weighted by molar-refractivity contribution is 5.80. The Kier molecular flexibility index (Phi) is 5.96. The Labute approximate surface area is 119 Å². The van der Waals surface area contributed by atoms with E-state index in [1.54, 1.807) is 25.5 Å². The van der Waals surface area contributed by atoms with Crippen molar-refractivity contribution in [1.82, 2.24) is 14.8 Å². The van der Waals surface area contributed by atoms with Crippen LogP contribution in [0.3, 0.4) is 0 Å². The normalized spacial score (nSPS) is 11.8. The van der Waals surface area contributed by atoms with Crippen molar-refractivity contribution in [2.24, 2.45) is 0 Å². The number of urea groups is 1. The van der Waals surface area contributed by atoms with Crippen LogP contribution >= 0.6 is 0 Å². The Bertz CT molecular complexity index is 450. The summed E-state index contributed by atoms with van der Waals surface area (Å²) in [6.45, 7) is 3.89. The summed E-state index contributed by atoms with van der Waals surface area (Å²) in [7, 11) is 1.66. The Morgan fingerprint density at radius 3 is 2.65 bits per heavy atom. The molecular formula is C14H21N3O3. The van der Waals surface area contributed by atoms with Gasteiger partial charge in [0, 0.05) is 32.0 Å². The van der Waals surface area contributed by atoms with Crippen LogP contribution in [-0.4, -0.2) is 51.5 Å². The third kappa shape index (κ3) is 4.53. The predicted octanol–water partition coefficient (Wildman–Crippen LogP) is 1.82. The second-order valence-corrected chi connectivity index (χ2v) is 4.78. The molecule has 1 atom stereocenters. The van der Waals surface area contributed by atoms with Gasteiger partial charge in [-0.3, -0.25) is 9.78 Å². The maximum absolute atomic E-state index is 12.4. The number of amides is 2. The van der Waals surface area contributed by atoms with Crippen LogP contribution in [0.1, 0.15) is 25.8 Å². The fourth-order valence-electron chi connectivity index (χ4n) is 1.83. The number of pyridine rings is 1. The van der Waals surface area contributed by atoms with Crippen LogP contribution in [0, 0.1) is 0 Å². The van der Waals surface area contributed by atoms with Crippen LogP contribution in [0.5, 0.6) is 0 Å². The molecule has 1 N–H and O–H groups in total. The van der Waals surface area contributed by atoms with Gasteiger partial charge >= 0.3 is 12.0 Å². The molecule has 0 fully saturated rings. The van der Waals surface area contributed by atoms with E-state index in [1.165, 1.54) is 9.80 Å². The topological polar surface area (TPSA) is 73.7 Å². The zero-order valence-corrected chi connectivity index (χ0v) is 12.1. The van der Waals surface area contributed by atoms with Gasteiger partial charge in [-0.15, -0.1) is 0 Å². The third-order valence-electron chi connectivity index (χ3n) is 3.14. The van der Waals surface area contributed by atoms with Gasteiger partial charge in [-0.1, -0.05) is 13.0 Å². The molecule has 0 aliphatic carbocycles. The highest BCUT2D eigenvalue weighted by atomic mass is 16.4. The van der Waals surface area contributed by atoms with E-state index in [4.69, 9.17) is 5.11 Å². The van der Waals surface area contributed by atoms with Gasteiger partial charge in [-0.25, -0.2) is 4.79 Å². The predicted molar refractivity (Wildman–Crippen MR) is 75.2 cm³/mol. The Morgan fingerprint density at radius 1 is 1.45 bits per heavy atom. The first-order chi connectivity index (χ1) is 9.45. The zero-order chi connectivity index (χ0) is 15.1. The van der Waals surface area contributed by atoms with Gasteiger partial charge < -0.3 is 14.9 Å². The van der Waals surface area contributed by atoms with Crippen molar-refractivity contribution in [2.45, 2.75) is 32.9 Å². The lowest BCUT2D eigenvalue weighted by molar-refractivity contribution is -0.138. The second kappa shape index (κ2) is 7.47. The molecule has 0 saturated heterocycles. The molecule has 0 aliphatic heterocycles. The average molecular weight is 279 g/mol. The van der Waals surface area contributed by atoms with Crippen LogP contribution < -0.4 is 0 Å². The molecule has 1 rings (SSSR count). The van der Waals surface area contributed by atoms with Crippen LogP contribution in [0.4, 0.5) is 4.79 Å². The Morgan fingerprint density at radius 2 is 2.15 bits per heavy atom. The van der Waals surface area contributed by atoms with Crippen molar-refractivity contribution in [3.05, 3.63) is 30.1 Å². The molecule has 1 aromatic rings. The smallest absolute Gasteiger partial charge is 0.323 e. The Balaban J connectivity index is 2.75. The van der Waals surface area contributed by atoms with Crippen molar-refractivity contribution in [2.75, 3.05) is 13.6 Å². The molecule has 0 aromatic carbocycles. The maximum atomic E-state index is 12.4. The number of aliphatic carboxylic acids is 1. The number of hydrogen-bond acceptors (Lipinski definition) is 3. The first-order valence-electron chi connectivity index (χ1n) is 6.58. The van der Waals surface area contributed by atoms with Crippen molar-refractivity contribution in [1.29, 1.82) is 0 Å². The van der Waals surface area contributed by atoms with Crippen LogP contribution in [0.15, 0.2) is 24.5 Å². The third-order valence-corrected chi connectivity index (χ3v) is 3.14. The van der Waals surface area contributed by atoms with Gasteiger partial charge in [0.15, 0.2) is 0 Å². The fraction of sp³-hybridized carbons (Fsp3) is 0.500. The van der Waals surface area contributed by atoms with Gasteiger partial charge in [0.25, 0.3) is 0 Å². The summed E-state index contributed by atoms with van der Waals surface area (Å²) in [4.78, 5) is 30.1. The van der Waals surface area contributed by atoms with Crippen molar-refractivity contribution < 1.29 is 14.7 Å². The van der Waals surface area contributed by atoms with Gasteiger partial charge in [0.1, 0.15) is 6.54 Å². The van der Waals surface area contributed by atoms with E-state index in [0.717, 1.165) is 5.56 Å². The lowest BCUT2D eigenvalue weighted by atomic mass is 10.2. The first kappa shape index (κ1) is 15.9. The lowest BCUT2D eigenvalue weighted by Gasteiger charge is -2.31. The SMILES string of the molecule is CCC(C)N(CC(=O)O)C(=O)N(C)Cc1cccnc1. The number of aromatic nitrogens is 1. The van der Waals surface area contributed by atoms with Crippen molar-refractivity contribution in [3.8, 4) is 0 Å². The minimum Gasteiger partial charge on any atom is -0.480 e. The second-order valence-electron chi connectivity index (χ2n) is 4.78. The molecule has 20 heavy (non-hydrogen) atoms. The number of rotatable bonds is 6. The van der Waals surface area contributed by atoms with Crippen LogP contribution in [0.25, 0.3) is 0 Å². The molecule has 0 bridgehead atoms. The molecule has 0 radical (unpaired) electrons. The minimum absolute atomic E-state index is 0.116. The summed E-state index contributed by atoms with van der Waals surface area (Å²) in [5.41, 5.74) is 0.905. The minimum atomic E-state index is -1.01. The molecule has 6 heteroatoms. The van der Waals surface area contributed by atoms with Crippen LogP contribution in [-0.2, 0) is 11.3 Å². The zero-order valence-electron chi connectivity index (χ0n) is 12.1. The van der Waals surface area contributed by atoms with E-state index in [9.17, 15) is 9.59 Å². The summed E-state index contributed by atoms with van der Waals surface area (Å²) in [6, 6.07) is 3.28. The van der Waals surface area contributed by atoms with E-state index in [2.05, 4.69) is 4.98 Å². The van der Waals surface area contributed by atoms with E-state index in [0.29, 0.717) is 13.0 Å². The van der Waals surface area contributed by atoms with Gasteiger partial charge in [-0.05, 0) is 25.0 Å². The monoisotopic (exact) mass is 279 g/mol. The average Bonchev–Trinajstić information content (AvgIpc) is 2.44. The molecule has 6 nitrogen and oxygen atoms in total. The highest BCUT2D eigenvalue weighted by Crippen LogP contribution is 2.09. The largest absolute Gasteiger partial charge is 0.480 e. The molecular weight excluding hydrogens is 258 g/mol. The van der Waals surface area contributed by atoms with E-state index in [-0.39, 0.29) is 18.6 Å². The van der Waals surface area contributed by atoms with Crippen molar-refractivity contribution in [3.63, 3.8) is 0 Å². The molecule has 110 valence electrons. The van der Waals surface area contributed by atoms with Crippen molar-refractivity contribution >= 4 is 12.0 Å². The van der Waals surface area contributed by atoms with E-state index < -0.39 is 5.97 Å². The van der Waals surface area contributed by atoms with Gasteiger partial charge in [-0.2, -0.15) is 0 Å². The highest BCUT2D eigenvalue weighted by Gasteiger charge is 2.24. The number of nitrogens with zero attached hydrogens (tertiary/aromatic N) is 3. The number of hydrogen-bond donors (Lipinski definition) is 1. The molecule has 1 aromatic heterocycles. The number of carbonyl (C=O) groups is 2. The Hall–Kier alpha value is -2.11. The van der Waals surface area contributed by atoms with Crippen LogP contribution in [0.2, 0.25) is 0 Å². The van der Waals surface area contributed by atoms with E-state index >= 15 is 0 Å². The molecule has 1 unspecified atom stereocenters. The lowest BCUT2D eigenvalue weighted by Crippen LogP contribution is -2.47. The molecule has 0 spiro atoms. The summed E-state index contributed by atoms with van der Waals surface area (Å²) in [5, 5.41) is 8.93. The number of carboxylic acids is 1. The summed E-state index contributed by atoms with van der Waals surface area (Å²) >= 11 is 0. The standard InChI is InChI=1S/C14H21N3O3/c1-4-11(2)17(10-13(18)19)14(20)16(3)9-12-6-5-7-15-8-12/h5-8,11H,4,9-10H2,1-3H3,(H,18,19). The summed E-state index contributed by atoms with van der Waals surface area (Å²) < 4.78 is 0. The summed E-state index contributed by atoms with van der Waals surface area (Å²) in [6.07, 6.45) is 4.07. The first-order valence-corrected chi connectivity index (χ1v) is 6.58. The molecule has 2 amide bonds. The maximum Gasteiger partial charge on any atom is 0.323 e. The quantitative estimate of drug-likeness (QED) is 0.862. The number of carbonyl (C=O) groups excluding carboxylic acids is 1. The van der Waals surface area contributed by atoms with Gasteiger partial charge in [0.05, 0.1) is 0 Å². The fourth-order valence-corrected chi connectivity index (χ4v) is 1.83. The van der Waals surface area contributed by atoms with Gasteiger partial charge in [0.2, 0.25) is 0 Å².